The SMILES string of the molecule is CC(C)=C1N=C([C@H]2CC[C@](C)(C3=NC(=C(C)C)C(=O)O3)C2(C)C)OC1=O. The minimum atomic E-state index is -0.451. The molecule has 2 heterocycles. The van der Waals surface area contributed by atoms with Crippen LogP contribution in [0.5, 0.6) is 0 Å². The van der Waals surface area contributed by atoms with Crippen LogP contribution in [0.3, 0.4) is 0 Å². The van der Waals surface area contributed by atoms with Crippen molar-refractivity contribution >= 4 is 23.7 Å². The molecular formula is C20H26N2O4. The Morgan fingerprint density at radius 3 is 1.96 bits per heavy atom. The summed E-state index contributed by atoms with van der Waals surface area (Å²) >= 11 is 0. The fourth-order valence-electron chi connectivity index (χ4n) is 3.96. The smallest absolute Gasteiger partial charge is 0.363 e. The van der Waals surface area contributed by atoms with E-state index in [-0.39, 0.29) is 17.3 Å². The second-order valence-electron chi connectivity index (χ2n) is 8.49. The molecule has 0 unspecified atom stereocenters. The molecule has 3 aliphatic rings. The average Bonchev–Trinajstić information content (AvgIpc) is 3.16. The van der Waals surface area contributed by atoms with E-state index in [0.29, 0.717) is 23.2 Å². The number of carbonyl (C=O) groups is 2. The maximum atomic E-state index is 12.1. The second-order valence-corrected chi connectivity index (χ2v) is 8.49. The summed E-state index contributed by atoms with van der Waals surface area (Å²) in [6.07, 6.45) is 1.56. The Kier molecular flexibility index (Phi) is 4.20. The minimum absolute atomic E-state index is 0.0505. The van der Waals surface area contributed by atoms with E-state index in [0.717, 1.165) is 24.0 Å². The van der Waals surface area contributed by atoms with Crippen LogP contribution in [-0.4, -0.2) is 23.7 Å². The van der Waals surface area contributed by atoms with Gasteiger partial charge in [0.1, 0.15) is 0 Å². The first kappa shape index (κ1) is 18.5. The molecule has 6 heteroatoms. The number of rotatable bonds is 2. The van der Waals surface area contributed by atoms with Crippen LogP contribution in [0.2, 0.25) is 0 Å². The number of nitrogens with zero attached hydrogens (tertiary/aromatic N) is 2. The largest absolute Gasteiger partial charge is 0.406 e. The summed E-state index contributed by atoms with van der Waals surface area (Å²) in [5, 5.41) is 0. The van der Waals surface area contributed by atoms with E-state index in [1.807, 2.05) is 27.7 Å². The standard InChI is InChI=1S/C20H26N2O4/c1-10(2)13-16(23)25-15(21-13)12-8-9-20(7,19(12,5)6)18-22-14(11(3)4)17(24)26-18/h12H,8-9H2,1-7H3/t12-,20-/m1/s1. The third-order valence-electron chi connectivity index (χ3n) is 6.15. The molecule has 6 nitrogen and oxygen atoms in total. The third kappa shape index (κ3) is 2.54. The molecule has 26 heavy (non-hydrogen) atoms. The Labute approximate surface area is 154 Å². The summed E-state index contributed by atoms with van der Waals surface area (Å²) in [7, 11) is 0. The maximum absolute atomic E-state index is 12.1. The van der Waals surface area contributed by atoms with Gasteiger partial charge in [-0.25, -0.2) is 19.6 Å². The number of ether oxygens (including phenoxy) is 2. The van der Waals surface area contributed by atoms with Crippen molar-refractivity contribution in [1.82, 2.24) is 0 Å². The number of carbonyl (C=O) groups excluding carboxylic acids is 2. The number of aliphatic imine (C=N–C) groups is 2. The van der Waals surface area contributed by atoms with Gasteiger partial charge in [-0.1, -0.05) is 20.8 Å². The normalized spacial score (nSPS) is 30.2. The number of cyclic esters (lactones) is 2. The molecule has 3 rings (SSSR count). The number of esters is 2. The fraction of sp³-hybridized carbons (Fsp3) is 0.600. The summed E-state index contributed by atoms with van der Waals surface area (Å²) in [6.45, 7) is 13.6. The van der Waals surface area contributed by atoms with E-state index in [4.69, 9.17) is 9.47 Å². The van der Waals surface area contributed by atoms with Gasteiger partial charge in [0.25, 0.3) is 0 Å². The molecule has 0 bridgehead atoms. The van der Waals surface area contributed by atoms with Crippen LogP contribution in [0.25, 0.3) is 0 Å². The molecule has 2 aliphatic heterocycles. The van der Waals surface area contributed by atoms with Crippen molar-refractivity contribution in [2.24, 2.45) is 26.7 Å². The summed E-state index contributed by atoms with van der Waals surface area (Å²) < 4.78 is 11.0. The second kappa shape index (κ2) is 5.89. The number of hydrogen-bond donors (Lipinski definition) is 0. The molecule has 1 saturated carbocycles. The van der Waals surface area contributed by atoms with E-state index in [9.17, 15) is 9.59 Å². The molecule has 1 aliphatic carbocycles. The lowest BCUT2D eigenvalue weighted by Gasteiger charge is -2.39. The highest BCUT2D eigenvalue weighted by Crippen LogP contribution is 2.58. The minimum Gasteiger partial charge on any atom is -0.406 e. The molecule has 0 amide bonds. The van der Waals surface area contributed by atoms with Gasteiger partial charge in [-0.15, -0.1) is 0 Å². The zero-order chi connectivity index (χ0) is 19.4. The van der Waals surface area contributed by atoms with Crippen molar-refractivity contribution in [2.45, 2.75) is 61.3 Å². The van der Waals surface area contributed by atoms with Gasteiger partial charge in [-0.2, -0.15) is 0 Å². The lowest BCUT2D eigenvalue weighted by Crippen LogP contribution is -2.43. The molecule has 0 aromatic carbocycles. The van der Waals surface area contributed by atoms with Crippen LogP contribution in [0.4, 0.5) is 0 Å². The summed E-state index contributed by atoms with van der Waals surface area (Å²) in [4.78, 5) is 33.2. The van der Waals surface area contributed by atoms with Crippen molar-refractivity contribution in [3.8, 4) is 0 Å². The van der Waals surface area contributed by atoms with Crippen molar-refractivity contribution in [2.75, 3.05) is 0 Å². The van der Waals surface area contributed by atoms with Crippen LogP contribution in [0.15, 0.2) is 32.5 Å². The predicted octanol–water partition coefficient (Wildman–Crippen LogP) is 3.93. The first-order valence-corrected chi connectivity index (χ1v) is 8.96. The highest BCUT2D eigenvalue weighted by Gasteiger charge is 2.59. The zero-order valence-corrected chi connectivity index (χ0v) is 16.5. The Hall–Kier alpha value is -2.24. The third-order valence-corrected chi connectivity index (χ3v) is 6.15. The van der Waals surface area contributed by atoms with Gasteiger partial charge < -0.3 is 9.47 Å². The van der Waals surface area contributed by atoms with Crippen molar-refractivity contribution in [3.63, 3.8) is 0 Å². The Balaban J connectivity index is 1.97. The molecule has 2 atom stereocenters. The monoisotopic (exact) mass is 358 g/mol. The molecular weight excluding hydrogens is 332 g/mol. The number of allylic oxidation sites excluding steroid dienone is 2. The van der Waals surface area contributed by atoms with Gasteiger partial charge in [0.2, 0.25) is 11.8 Å². The van der Waals surface area contributed by atoms with Crippen LogP contribution in [0.1, 0.15) is 61.3 Å². The first-order chi connectivity index (χ1) is 12.0. The molecule has 1 fully saturated rings. The van der Waals surface area contributed by atoms with Gasteiger partial charge in [0.05, 0.1) is 5.41 Å². The highest BCUT2D eigenvalue weighted by atomic mass is 16.6. The lowest BCUT2D eigenvalue weighted by atomic mass is 9.65. The zero-order valence-electron chi connectivity index (χ0n) is 16.5. The Bertz CT molecular complexity index is 821. The van der Waals surface area contributed by atoms with Crippen molar-refractivity contribution in [3.05, 3.63) is 22.5 Å². The molecule has 0 aromatic heterocycles. The van der Waals surface area contributed by atoms with E-state index in [1.54, 1.807) is 0 Å². The topological polar surface area (TPSA) is 77.3 Å². The summed E-state index contributed by atoms with van der Waals surface area (Å²) in [6, 6.07) is 0. The van der Waals surface area contributed by atoms with Gasteiger partial charge in [0.15, 0.2) is 11.4 Å². The molecule has 0 spiro atoms. The van der Waals surface area contributed by atoms with Crippen LogP contribution >= 0.6 is 0 Å². The van der Waals surface area contributed by atoms with Gasteiger partial charge >= 0.3 is 11.9 Å². The maximum Gasteiger partial charge on any atom is 0.363 e. The highest BCUT2D eigenvalue weighted by molar-refractivity contribution is 6.08. The van der Waals surface area contributed by atoms with E-state index in [1.165, 1.54) is 0 Å². The Morgan fingerprint density at radius 2 is 1.46 bits per heavy atom. The van der Waals surface area contributed by atoms with E-state index in [2.05, 4.69) is 30.8 Å². The summed E-state index contributed by atoms with van der Waals surface area (Å²) in [5.74, 6) is 0.0918. The van der Waals surface area contributed by atoms with Crippen LogP contribution < -0.4 is 0 Å². The first-order valence-electron chi connectivity index (χ1n) is 8.96. The van der Waals surface area contributed by atoms with Gasteiger partial charge in [-0.3, -0.25) is 0 Å². The van der Waals surface area contributed by atoms with E-state index < -0.39 is 11.4 Å². The molecule has 140 valence electrons. The molecule has 0 aromatic rings. The summed E-state index contributed by atoms with van der Waals surface area (Å²) in [5.41, 5.74) is 1.65. The molecule has 0 radical (unpaired) electrons. The molecule has 0 saturated heterocycles. The van der Waals surface area contributed by atoms with Crippen molar-refractivity contribution in [1.29, 1.82) is 0 Å². The lowest BCUT2D eigenvalue weighted by molar-refractivity contribution is -0.131. The van der Waals surface area contributed by atoms with Gasteiger partial charge in [-0.05, 0) is 57.1 Å². The quantitative estimate of drug-likeness (QED) is 0.553. The van der Waals surface area contributed by atoms with E-state index >= 15 is 0 Å². The predicted molar refractivity (Wildman–Crippen MR) is 98.4 cm³/mol. The molecule has 0 N–H and O–H groups in total. The fourth-order valence-corrected chi connectivity index (χ4v) is 3.96. The van der Waals surface area contributed by atoms with Crippen LogP contribution in [0, 0.1) is 16.7 Å². The van der Waals surface area contributed by atoms with Gasteiger partial charge in [0, 0.05) is 5.92 Å². The average molecular weight is 358 g/mol. The van der Waals surface area contributed by atoms with Crippen LogP contribution in [-0.2, 0) is 19.1 Å². The van der Waals surface area contributed by atoms with Crippen molar-refractivity contribution < 1.29 is 19.1 Å². The number of hydrogen-bond acceptors (Lipinski definition) is 6. The Morgan fingerprint density at radius 1 is 0.923 bits per heavy atom.